The SMILES string of the molecule is CC(Br)C(=O)c1cc(OC(F)F)cc(C(O)C(=O)O)c1. The Hall–Kier alpha value is -1.54. The number of hydrogen-bond donors (Lipinski definition) is 2. The molecule has 5 nitrogen and oxygen atoms in total. The largest absolute Gasteiger partial charge is 0.479 e. The second-order valence-corrected chi connectivity index (χ2v) is 5.26. The third kappa shape index (κ3) is 4.24. The number of carboxylic acids is 1. The number of ketones is 1. The van der Waals surface area contributed by atoms with Gasteiger partial charge in [0.2, 0.25) is 0 Å². The van der Waals surface area contributed by atoms with Gasteiger partial charge in [0.1, 0.15) is 5.75 Å². The Morgan fingerprint density at radius 1 is 1.30 bits per heavy atom. The summed E-state index contributed by atoms with van der Waals surface area (Å²) in [5.74, 6) is -2.41. The van der Waals surface area contributed by atoms with Crippen LogP contribution in [0, 0.1) is 0 Å². The van der Waals surface area contributed by atoms with Crippen molar-refractivity contribution in [3.05, 3.63) is 29.3 Å². The molecule has 0 aromatic heterocycles. The highest BCUT2D eigenvalue weighted by Gasteiger charge is 2.21. The molecule has 110 valence electrons. The third-order valence-corrected chi connectivity index (χ3v) is 2.77. The van der Waals surface area contributed by atoms with E-state index < -0.39 is 35.0 Å². The Morgan fingerprint density at radius 3 is 2.35 bits per heavy atom. The second-order valence-electron chi connectivity index (χ2n) is 3.89. The van der Waals surface area contributed by atoms with Crippen LogP contribution in [0.4, 0.5) is 8.78 Å². The highest BCUT2D eigenvalue weighted by atomic mass is 79.9. The highest BCUT2D eigenvalue weighted by Crippen LogP contribution is 2.25. The fraction of sp³-hybridized carbons (Fsp3) is 0.333. The van der Waals surface area contributed by atoms with Gasteiger partial charge in [-0.05, 0) is 30.7 Å². The van der Waals surface area contributed by atoms with Crippen LogP contribution in [-0.2, 0) is 4.79 Å². The lowest BCUT2D eigenvalue weighted by atomic mass is 10.0. The van der Waals surface area contributed by atoms with Gasteiger partial charge in [0.05, 0.1) is 4.83 Å². The van der Waals surface area contributed by atoms with Crippen LogP contribution in [0.1, 0.15) is 28.9 Å². The molecule has 1 rings (SSSR count). The summed E-state index contributed by atoms with van der Waals surface area (Å²) in [6.45, 7) is -1.60. The number of aliphatic carboxylic acids is 1. The first kappa shape index (κ1) is 16.5. The molecule has 0 spiro atoms. The first-order chi connectivity index (χ1) is 9.22. The van der Waals surface area contributed by atoms with Crippen LogP contribution in [0.2, 0.25) is 0 Å². The monoisotopic (exact) mass is 352 g/mol. The van der Waals surface area contributed by atoms with Crippen molar-refractivity contribution in [2.24, 2.45) is 0 Å². The van der Waals surface area contributed by atoms with Gasteiger partial charge < -0.3 is 14.9 Å². The molecular weight excluding hydrogens is 342 g/mol. The Kier molecular flexibility index (Phi) is 5.58. The molecule has 0 bridgehead atoms. The van der Waals surface area contributed by atoms with E-state index in [1.807, 2.05) is 0 Å². The fourth-order valence-corrected chi connectivity index (χ4v) is 1.73. The minimum atomic E-state index is -3.13. The van der Waals surface area contributed by atoms with Crippen LogP contribution in [0.5, 0.6) is 5.75 Å². The topological polar surface area (TPSA) is 83.8 Å². The number of Topliss-reactive ketones (excluding diaryl/α,β-unsaturated/α-hetero) is 1. The number of carbonyl (C=O) groups excluding carboxylic acids is 1. The minimum absolute atomic E-state index is 0.0391. The van der Waals surface area contributed by atoms with E-state index >= 15 is 0 Å². The van der Waals surface area contributed by atoms with Crippen molar-refractivity contribution in [1.82, 2.24) is 0 Å². The van der Waals surface area contributed by atoms with Crippen molar-refractivity contribution in [1.29, 1.82) is 0 Å². The van der Waals surface area contributed by atoms with Gasteiger partial charge in [-0.3, -0.25) is 4.79 Å². The van der Waals surface area contributed by atoms with Gasteiger partial charge in [-0.15, -0.1) is 0 Å². The van der Waals surface area contributed by atoms with Crippen molar-refractivity contribution in [2.75, 3.05) is 0 Å². The van der Waals surface area contributed by atoms with E-state index in [9.17, 15) is 23.5 Å². The molecule has 8 heteroatoms. The molecule has 0 aliphatic carbocycles. The van der Waals surface area contributed by atoms with Crippen LogP contribution >= 0.6 is 15.9 Å². The van der Waals surface area contributed by atoms with Crippen LogP contribution in [0.3, 0.4) is 0 Å². The smallest absolute Gasteiger partial charge is 0.387 e. The number of rotatable bonds is 6. The number of aliphatic hydroxyl groups is 1. The van der Waals surface area contributed by atoms with Gasteiger partial charge in [-0.2, -0.15) is 8.78 Å². The summed E-state index contributed by atoms with van der Waals surface area (Å²) in [5, 5.41) is 18.1. The zero-order valence-corrected chi connectivity index (χ0v) is 11.8. The molecule has 20 heavy (non-hydrogen) atoms. The zero-order chi connectivity index (χ0) is 15.4. The maximum absolute atomic E-state index is 12.2. The van der Waals surface area contributed by atoms with Crippen LogP contribution in [-0.4, -0.2) is 33.4 Å². The highest BCUT2D eigenvalue weighted by molar-refractivity contribution is 9.10. The molecular formula is C12H11BrF2O5. The maximum atomic E-state index is 12.2. The summed E-state index contributed by atoms with van der Waals surface area (Å²) in [4.78, 5) is 21.9. The molecule has 0 radical (unpaired) electrons. The van der Waals surface area contributed by atoms with Crippen molar-refractivity contribution in [3.63, 3.8) is 0 Å². The average Bonchev–Trinajstić information content (AvgIpc) is 2.35. The summed E-state index contributed by atoms with van der Waals surface area (Å²) in [6.07, 6.45) is -1.94. The van der Waals surface area contributed by atoms with Gasteiger partial charge in [-0.25, -0.2) is 4.79 Å². The van der Waals surface area contributed by atoms with E-state index in [4.69, 9.17) is 5.11 Å². The second kappa shape index (κ2) is 6.76. The molecule has 0 heterocycles. The molecule has 0 aliphatic heterocycles. The van der Waals surface area contributed by atoms with Crippen LogP contribution in [0.15, 0.2) is 18.2 Å². The molecule has 0 saturated heterocycles. The predicted molar refractivity (Wildman–Crippen MR) is 68.4 cm³/mol. The number of aliphatic hydroxyl groups excluding tert-OH is 1. The fourth-order valence-electron chi connectivity index (χ4n) is 1.47. The lowest BCUT2D eigenvalue weighted by molar-refractivity contribution is -0.146. The molecule has 2 atom stereocenters. The molecule has 0 amide bonds. The van der Waals surface area contributed by atoms with Crippen molar-refractivity contribution >= 4 is 27.7 Å². The maximum Gasteiger partial charge on any atom is 0.387 e. The number of alkyl halides is 3. The molecule has 0 saturated carbocycles. The Morgan fingerprint density at radius 2 is 1.90 bits per heavy atom. The average molecular weight is 353 g/mol. The van der Waals surface area contributed by atoms with E-state index in [2.05, 4.69) is 20.7 Å². The van der Waals surface area contributed by atoms with Crippen molar-refractivity contribution < 1.29 is 33.3 Å². The van der Waals surface area contributed by atoms with E-state index in [0.29, 0.717) is 0 Å². The van der Waals surface area contributed by atoms with Crippen LogP contribution < -0.4 is 4.74 Å². The summed E-state index contributed by atoms with van der Waals surface area (Å²) in [5.41, 5.74) is -0.255. The van der Waals surface area contributed by atoms with Crippen LogP contribution in [0.25, 0.3) is 0 Å². The van der Waals surface area contributed by atoms with E-state index in [0.717, 1.165) is 18.2 Å². The van der Waals surface area contributed by atoms with Gasteiger partial charge in [-0.1, -0.05) is 15.9 Å². The van der Waals surface area contributed by atoms with Gasteiger partial charge in [0.25, 0.3) is 0 Å². The van der Waals surface area contributed by atoms with Gasteiger partial charge >= 0.3 is 12.6 Å². The standard InChI is InChI=1S/C12H11BrF2O5/c1-5(13)9(16)6-2-7(10(17)11(18)19)4-8(3-6)20-12(14)15/h2-5,10,12,17H,1H3,(H,18,19). The van der Waals surface area contributed by atoms with E-state index in [1.54, 1.807) is 0 Å². The van der Waals surface area contributed by atoms with E-state index in [1.165, 1.54) is 6.92 Å². The molecule has 1 aromatic rings. The van der Waals surface area contributed by atoms with E-state index in [-0.39, 0.29) is 11.1 Å². The molecule has 0 aliphatic rings. The Balaban J connectivity index is 3.27. The van der Waals surface area contributed by atoms with Crippen molar-refractivity contribution in [3.8, 4) is 5.75 Å². The number of ether oxygens (including phenoxy) is 1. The third-order valence-electron chi connectivity index (χ3n) is 2.35. The van der Waals surface area contributed by atoms with Crippen molar-refractivity contribution in [2.45, 2.75) is 24.5 Å². The first-order valence-electron chi connectivity index (χ1n) is 5.41. The number of carboxylic acid groups (broad SMARTS) is 1. The Labute approximate surface area is 121 Å². The molecule has 0 fully saturated rings. The number of benzene rings is 1. The lowest BCUT2D eigenvalue weighted by Crippen LogP contribution is -2.15. The molecule has 1 aromatic carbocycles. The minimum Gasteiger partial charge on any atom is -0.479 e. The quantitative estimate of drug-likeness (QED) is 0.606. The summed E-state index contributed by atoms with van der Waals surface area (Å²) >= 11 is 3.03. The number of hydrogen-bond acceptors (Lipinski definition) is 4. The summed E-state index contributed by atoms with van der Waals surface area (Å²) in [6, 6.07) is 3.13. The summed E-state index contributed by atoms with van der Waals surface area (Å²) < 4.78 is 28.6. The zero-order valence-electron chi connectivity index (χ0n) is 10.2. The predicted octanol–water partition coefficient (Wildman–Crippen LogP) is 2.37. The van der Waals surface area contributed by atoms with Gasteiger partial charge in [0, 0.05) is 5.56 Å². The first-order valence-corrected chi connectivity index (χ1v) is 6.33. The van der Waals surface area contributed by atoms with Gasteiger partial charge in [0.15, 0.2) is 11.9 Å². The summed E-state index contributed by atoms with van der Waals surface area (Å²) in [7, 11) is 0. The normalized spacial score (nSPS) is 13.9. The number of halogens is 3. The molecule has 2 N–H and O–H groups in total. The Bertz CT molecular complexity index is 519. The number of carbonyl (C=O) groups is 2. The lowest BCUT2D eigenvalue weighted by Gasteiger charge is -2.12. The molecule has 2 unspecified atom stereocenters.